The topological polar surface area (TPSA) is 61.4 Å². The molecule has 5 heteroatoms. The second-order valence-corrected chi connectivity index (χ2v) is 9.27. The first-order valence-electron chi connectivity index (χ1n) is 12.1. The zero-order chi connectivity index (χ0) is 22.3. The molecule has 1 heterocycles. The first-order valence-corrected chi connectivity index (χ1v) is 12.1. The monoisotopic (exact) mass is 433 g/mol. The molecule has 4 rings (SSSR count). The van der Waals surface area contributed by atoms with E-state index in [4.69, 9.17) is 0 Å². The summed E-state index contributed by atoms with van der Waals surface area (Å²) in [6, 6.07) is 15.6. The van der Waals surface area contributed by atoms with Gasteiger partial charge in [-0.2, -0.15) is 0 Å². The maximum Gasteiger partial charge on any atom is 0.253 e. The Balaban J connectivity index is 1.47. The first-order chi connectivity index (χ1) is 15.6. The van der Waals surface area contributed by atoms with Crippen LogP contribution in [-0.4, -0.2) is 24.9 Å². The highest BCUT2D eigenvalue weighted by Gasteiger charge is 2.22. The van der Waals surface area contributed by atoms with Gasteiger partial charge < -0.3 is 15.5 Å². The van der Waals surface area contributed by atoms with Crippen molar-refractivity contribution in [1.82, 2.24) is 5.32 Å². The van der Waals surface area contributed by atoms with Crippen LogP contribution in [0.25, 0.3) is 0 Å². The highest BCUT2D eigenvalue weighted by atomic mass is 16.2. The Bertz CT molecular complexity index is 916. The fourth-order valence-electron chi connectivity index (χ4n) is 4.99. The zero-order valence-electron chi connectivity index (χ0n) is 19.1. The summed E-state index contributed by atoms with van der Waals surface area (Å²) in [5, 5.41) is 6.17. The number of carbonyl (C=O) groups excluding carboxylic acids is 2. The summed E-state index contributed by atoms with van der Waals surface area (Å²) in [6.07, 6.45) is 8.88. The summed E-state index contributed by atoms with van der Waals surface area (Å²) in [5.41, 5.74) is 3.34. The number of benzene rings is 2. The molecule has 1 saturated carbocycles. The average Bonchev–Trinajstić information content (AvgIpc) is 3.53. The smallest absolute Gasteiger partial charge is 0.253 e. The quantitative estimate of drug-likeness (QED) is 0.562. The molecule has 2 aromatic rings. The minimum atomic E-state index is -0.106. The fourth-order valence-corrected chi connectivity index (χ4v) is 4.99. The summed E-state index contributed by atoms with van der Waals surface area (Å²) in [5.74, 6) is 0.624. The molecule has 0 bridgehead atoms. The molecule has 1 unspecified atom stereocenters. The lowest BCUT2D eigenvalue weighted by molar-refractivity contribution is -0.116. The van der Waals surface area contributed by atoms with Crippen molar-refractivity contribution >= 4 is 23.2 Å². The van der Waals surface area contributed by atoms with Crippen LogP contribution in [-0.2, 0) is 4.79 Å². The van der Waals surface area contributed by atoms with Crippen LogP contribution in [0.5, 0.6) is 0 Å². The van der Waals surface area contributed by atoms with Crippen LogP contribution >= 0.6 is 0 Å². The lowest BCUT2D eigenvalue weighted by atomic mass is 10.0. The Morgan fingerprint density at radius 2 is 1.72 bits per heavy atom. The molecule has 2 fully saturated rings. The highest BCUT2D eigenvalue weighted by molar-refractivity contribution is 6.02. The van der Waals surface area contributed by atoms with Crippen LogP contribution in [0.2, 0.25) is 0 Å². The molecule has 32 heavy (non-hydrogen) atoms. The van der Waals surface area contributed by atoms with Gasteiger partial charge in [0.15, 0.2) is 0 Å². The molecule has 2 N–H and O–H groups in total. The molecular formula is C27H35N3O2. The van der Waals surface area contributed by atoms with Crippen LogP contribution in [0.3, 0.4) is 0 Å². The number of hydrogen-bond donors (Lipinski definition) is 2. The predicted octanol–water partition coefficient (Wildman–Crippen LogP) is 5.69. The molecule has 1 aliphatic heterocycles. The van der Waals surface area contributed by atoms with Gasteiger partial charge in [-0.3, -0.25) is 9.59 Å². The number of nitrogens with zero attached hydrogens (tertiary/aromatic N) is 1. The van der Waals surface area contributed by atoms with Crippen molar-refractivity contribution in [3.05, 3.63) is 59.7 Å². The second kappa shape index (κ2) is 10.7. The van der Waals surface area contributed by atoms with Crippen LogP contribution in [0.1, 0.15) is 80.3 Å². The SMILES string of the molecule is CC(NC(=O)c1cc(NC(=O)CCC2CCCC2)ccc1N1CCCC1)c1ccccc1. The van der Waals surface area contributed by atoms with E-state index in [9.17, 15) is 9.59 Å². The van der Waals surface area contributed by atoms with Gasteiger partial charge in [0.2, 0.25) is 5.91 Å². The molecule has 1 aliphatic carbocycles. The number of carbonyl (C=O) groups is 2. The Labute approximate surface area is 191 Å². The van der Waals surface area contributed by atoms with Gasteiger partial charge in [0.25, 0.3) is 5.91 Å². The van der Waals surface area contributed by atoms with E-state index in [1.54, 1.807) is 0 Å². The molecule has 2 amide bonds. The van der Waals surface area contributed by atoms with Crippen molar-refractivity contribution in [1.29, 1.82) is 0 Å². The van der Waals surface area contributed by atoms with Gasteiger partial charge in [0.1, 0.15) is 0 Å². The molecule has 170 valence electrons. The van der Waals surface area contributed by atoms with Crippen LogP contribution in [0.4, 0.5) is 11.4 Å². The molecule has 0 spiro atoms. The molecule has 1 saturated heterocycles. The zero-order valence-corrected chi connectivity index (χ0v) is 19.1. The van der Waals surface area contributed by atoms with Gasteiger partial charge >= 0.3 is 0 Å². The van der Waals surface area contributed by atoms with Crippen LogP contribution in [0.15, 0.2) is 48.5 Å². The van der Waals surface area contributed by atoms with E-state index in [2.05, 4.69) is 15.5 Å². The van der Waals surface area contributed by atoms with Gasteiger partial charge in [-0.15, -0.1) is 0 Å². The van der Waals surface area contributed by atoms with Crippen molar-refractivity contribution in [2.24, 2.45) is 5.92 Å². The van der Waals surface area contributed by atoms with Crippen molar-refractivity contribution in [2.75, 3.05) is 23.3 Å². The molecule has 0 aromatic heterocycles. The first kappa shape index (κ1) is 22.4. The summed E-state index contributed by atoms with van der Waals surface area (Å²) >= 11 is 0. The molecular weight excluding hydrogens is 398 g/mol. The summed E-state index contributed by atoms with van der Waals surface area (Å²) in [7, 11) is 0. The van der Waals surface area contributed by atoms with E-state index in [0.29, 0.717) is 23.6 Å². The van der Waals surface area contributed by atoms with E-state index in [1.807, 2.05) is 55.5 Å². The Kier molecular flexibility index (Phi) is 7.46. The highest BCUT2D eigenvalue weighted by Crippen LogP contribution is 2.30. The lowest BCUT2D eigenvalue weighted by Gasteiger charge is -2.23. The molecule has 2 aliphatic rings. The van der Waals surface area contributed by atoms with Gasteiger partial charge in [0, 0.05) is 30.9 Å². The maximum atomic E-state index is 13.3. The second-order valence-electron chi connectivity index (χ2n) is 9.27. The predicted molar refractivity (Wildman–Crippen MR) is 130 cm³/mol. The van der Waals surface area contributed by atoms with E-state index >= 15 is 0 Å². The fraction of sp³-hybridized carbons (Fsp3) is 0.481. The third-order valence-electron chi connectivity index (χ3n) is 6.87. The number of amides is 2. The molecule has 1 atom stereocenters. The normalized spacial score (nSPS) is 17.3. The van der Waals surface area contributed by atoms with E-state index in [0.717, 1.165) is 43.6 Å². The van der Waals surface area contributed by atoms with Crippen LogP contribution < -0.4 is 15.5 Å². The Hall–Kier alpha value is -2.82. The van der Waals surface area contributed by atoms with Crippen LogP contribution in [0, 0.1) is 5.92 Å². The molecule has 0 radical (unpaired) electrons. The minimum Gasteiger partial charge on any atom is -0.371 e. The van der Waals surface area contributed by atoms with Crippen molar-refractivity contribution in [2.45, 2.75) is 64.3 Å². The van der Waals surface area contributed by atoms with E-state index < -0.39 is 0 Å². The Morgan fingerprint density at radius 3 is 2.44 bits per heavy atom. The maximum absolute atomic E-state index is 13.3. The number of hydrogen-bond acceptors (Lipinski definition) is 3. The molecule has 5 nitrogen and oxygen atoms in total. The lowest BCUT2D eigenvalue weighted by Crippen LogP contribution is -2.29. The summed E-state index contributed by atoms with van der Waals surface area (Å²) in [4.78, 5) is 28.1. The third kappa shape index (κ3) is 5.70. The van der Waals surface area contributed by atoms with Gasteiger partial charge in [-0.05, 0) is 55.9 Å². The van der Waals surface area contributed by atoms with E-state index in [-0.39, 0.29) is 17.9 Å². The van der Waals surface area contributed by atoms with Crippen molar-refractivity contribution < 1.29 is 9.59 Å². The Morgan fingerprint density at radius 1 is 1.00 bits per heavy atom. The van der Waals surface area contributed by atoms with Gasteiger partial charge in [-0.25, -0.2) is 0 Å². The number of anilines is 2. The third-order valence-corrected chi connectivity index (χ3v) is 6.87. The van der Waals surface area contributed by atoms with Gasteiger partial charge in [-0.1, -0.05) is 56.0 Å². The standard InChI is InChI=1S/C27H35N3O2/c1-20(22-11-3-2-4-12-22)28-27(32)24-19-23(14-15-25(24)30-17-7-8-18-30)29-26(31)16-13-21-9-5-6-10-21/h2-4,11-12,14-15,19-21H,5-10,13,16-18H2,1H3,(H,28,32)(H,29,31). The van der Waals surface area contributed by atoms with Crippen molar-refractivity contribution in [3.63, 3.8) is 0 Å². The average molecular weight is 434 g/mol. The minimum absolute atomic E-state index is 0.0369. The van der Waals surface area contributed by atoms with Gasteiger partial charge in [0.05, 0.1) is 11.6 Å². The summed E-state index contributed by atoms with van der Waals surface area (Å²) in [6.45, 7) is 3.92. The van der Waals surface area contributed by atoms with E-state index in [1.165, 1.54) is 25.7 Å². The number of rotatable bonds is 8. The van der Waals surface area contributed by atoms with Crippen molar-refractivity contribution in [3.8, 4) is 0 Å². The number of nitrogens with one attached hydrogen (secondary N) is 2. The largest absolute Gasteiger partial charge is 0.371 e. The molecule has 2 aromatic carbocycles. The summed E-state index contributed by atoms with van der Waals surface area (Å²) < 4.78 is 0.